The van der Waals surface area contributed by atoms with Crippen molar-refractivity contribution in [1.82, 2.24) is 0 Å². The van der Waals surface area contributed by atoms with Gasteiger partial charge in [-0.25, -0.2) is 0 Å². The fourth-order valence-electron chi connectivity index (χ4n) is 1.83. The molecule has 0 saturated heterocycles. The van der Waals surface area contributed by atoms with Crippen LogP contribution in [0.5, 0.6) is 0 Å². The minimum absolute atomic E-state index is 0.531. The summed E-state index contributed by atoms with van der Waals surface area (Å²) in [4.78, 5) is 0. The van der Waals surface area contributed by atoms with E-state index in [1.165, 1.54) is 6.26 Å². The normalized spacial score (nSPS) is 11.4. The lowest BCUT2D eigenvalue weighted by Crippen LogP contribution is -2.43. The number of rotatable bonds is 11. The average Bonchev–Trinajstić information content (AvgIpc) is 2.55. The van der Waals surface area contributed by atoms with Gasteiger partial charge in [-0.3, -0.25) is 0 Å². The maximum absolute atomic E-state index is 5.65. The van der Waals surface area contributed by atoms with Crippen molar-refractivity contribution in [2.75, 3.05) is 27.9 Å². The fourth-order valence-corrected chi connectivity index (χ4v) is 3.34. The van der Waals surface area contributed by atoms with Gasteiger partial charge in [0.05, 0.1) is 19.5 Å². The smallest absolute Gasteiger partial charge is 0.497 e. The van der Waals surface area contributed by atoms with Crippen molar-refractivity contribution >= 4 is 8.80 Å². The summed E-state index contributed by atoms with van der Waals surface area (Å²) in [5.41, 5.74) is 2.21. The van der Waals surface area contributed by atoms with Gasteiger partial charge >= 0.3 is 8.80 Å². The average molecular weight is 312 g/mol. The molecule has 0 aliphatic carbocycles. The van der Waals surface area contributed by atoms with Gasteiger partial charge in [0.1, 0.15) is 6.61 Å². The van der Waals surface area contributed by atoms with Crippen molar-refractivity contribution in [3.8, 4) is 0 Å². The lowest BCUT2D eigenvalue weighted by Gasteiger charge is -2.24. The second-order valence-corrected chi connectivity index (χ2v) is 7.48. The summed E-state index contributed by atoms with van der Waals surface area (Å²) in [6.45, 7) is 5.13. The Kier molecular flexibility index (Phi) is 8.25. The molecule has 0 unspecified atom stereocenters. The summed E-state index contributed by atoms with van der Waals surface area (Å²) in [5, 5.41) is 0. The SMILES string of the molecule is C=COCc1ccc(COCC[Si](OC)(OC)OC)cc1. The lowest BCUT2D eigenvalue weighted by molar-refractivity contribution is 0.0897. The van der Waals surface area contributed by atoms with Crippen LogP contribution in [-0.4, -0.2) is 36.7 Å². The molecule has 0 aliphatic heterocycles. The van der Waals surface area contributed by atoms with Crippen LogP contribution < -0.4 is 0 Å². The Bertz CT molecular complexity index is 395. The quantitative estimate of drug-likeness (QED) is 0.357. The zero-order valence-electron chi connectivity index (χ0n) is 13.0. The van der Waals surface area contributed by atoms with Gasteiger partial charge in [0.2, 0.25) is 0 Å². The Hall–Kier alpha value is -1.18. The maximum atomic E-state index is 5.65. The molecule has 6 heteroatoms. The van der Waals surface area contributed by atoms with Crippen LogP contribution in [0, 0.1) is 0 Å². The van der Waals surface area contributed by atoms with Crippen LogP contribution >= 0.6 is 0 Å². The first-order valence-electron chi connectivity index (χ1n) is 6.73. The zero-order valence-corrected chi connectivity index (χ0v) is 14.0. The molecule has 0 N–H and O–H groups in total. The van der Waals surface area contributed by atoms with Crippen LogP contribution in [0.3, 0.4) is 0 Å². The second kappa shape index (κ2) is 9.70. The Morgan fingerprint density at radius 3 is 1.95 bits per heavy atom. The van der Waals surface area contributed by atoms with Gasteiger partial charge in [-0.05, 0) is 11.1 Å². The molecule has 0 heterocycles. The molecule has 1 rings (SSSR count). The van der Waals surface area contributed by atoms with Gasteiger partial charge in [0.25, 0.3) is 0 Å². The lowest BCUT2D eigenvalue weighted by atomic mass is 10.1. The topological polar surface area (TPSA) is 46.2 Å². The third-order valence-electron chi connectivity index (χ3n) is 3.15. The molecule has 118 valence electrons. The van der Waals surface area contributed by atoms with E-state index in [0.29, 0.717) is 25.9 Å². The first-order valence-corrected chi connectivity index (χ1v) is 8.66. The highest BCUT2D eigenvalue weighted by atomic mass is 28.4. The third kappa shape index (κ3) is 5.99. The fraction of sp³-hybridized carbons (Fsp3) is 0.467. The van der Waals surface area contributed by atoms with E-state index in [0.717, 1.165) is 11.1 Å². The van der Waals surface area contributed by atoms with Crippen LogP contribution in [0.25, 0.3) is 0 Å². The molecule has 5 nitrogen and oxygen atoms in total. The molecule has 0 bridgehead atoms. The summed E-state index contributed by atoms with van der Waals surface area (Å²) in [6, 6.07) is 8.70. The van der Waals surface area contributed by atoms with E-state index in [-0.39, 0.29) is 0 Å². The summed E-state index contributed by atoms with van der Waals surface area (Å²) < 4.78 is 26.8. The first-order chi connectivity index (χ1) is 10.2. The molecule has 0 spiro atoms. The second-order valence-electron chi connectivity index (χ2n) is 4.39. The Morgan fingerprint density at radius 1 is 0.952 bits per heavy atom. The van der Waals surface area contributed by atoms with Crippen molar-refractivity contribution in [3.05, 3.63) is 48.2 Å². The van der Waals surface area contributed by atoms with Gasteiger partial charge < -0.3 is 22.8 Å². The van der Waals surface area contributed by atoms with E-state index in [2.05, 4.69) is 6.58 Å². The summed E-state index contributed by atoms with van der Waals surface area (Å²) in [6.07, 6.45) is 1.44. The van der Waals surface area contributed by atoms with E-state index >= 15 is 0 Å². The van der Waals surface area contributed by atoms with Gasteiger partial charge in [-0.15, -0.1) is 0 Å². The van der Waals surface area contributed by atoms with Gasteiger partial charge in [0, 0.05) is 27.4 Å². The van der Waals surface area contributed by atoms with Crippen molar-refractivity contribution in [1.29, 1.82) is 0 Å². The monoisotopic (exact) mass is 312 g/mol. The van der Waals surface area contributed by atoms with Crippen LogP contribution in [0.1, 0.15) is 11.1 Å². The maximum Gasteiger partial charge on any atom is 0.502 e. The Labute approximate surface area is 127 Å². The highest BCUT2D eigenvalue weighted by Gasteiger charge is 2.37. The molecule has 21 heavy (non-hydrogen) atoms. The minimum Gasteiger partial charge on any atom is -0.497 e. The predicted octanol–water partition coefficient (Wildman–Crippen LogP) is 2.74. The highest BCUT2D eigenvalue weighted by Crippen LogP contribution is 2.13. The largest absolute Gasteiger partial charge is 0.502 e. The molecular formula is C15H24O5Si. The van der Waals surface area contributed by atoms with Crippen molar-refractivity contribution in [2.24, 2.45) is 0 Å². The standard InChI is InChI=1S/C15H24O5Si/c1-5-19-12-14-6-8-15(9-7-14)13-20-10-11-21(16-2,17-3)18-4/h5-9H,1,10-13H2,2-4H3. The molecule has 0 saturated carbocycles. The number of hydrogen-bond acceptors (Lipinski definition) is 5. The number of benzene rings is 1. The van der Waals surface area contributed by atoms with Crippen LogP contribution in [0.15, 0.2) is 37.1 Å². The molecule has 1 aromatic carbocycles. The van der Waals surface area contributed by atoms with Crippen LogP contribution in [0.2, 0.25) is 6.04 Å². The Balaban J connectivity index is 2.33. The molecular weight excluding hydrogens is 288 g/mol. The van der Waals surface area contributed by atoms with Crippen LogP contribution in [0.4, 0.5) is 0 Å². The van der Waals surface area contributed by atoms with E-state index in [4.69, 9.17) is 22.8 Å². The summed E-state index contributed by atoms with van der Waals surface area (Å²) in [5.74, 6) is 0. The predicted molar refractivity (Wildman–Crippen MR) is 82.7 cm³/mol. The van der Waals surface area contributed by atoms with E-state index < -0.39 is 8.80 Å². The zero-order chi connectivity index (χ0) is 15.6. The number of ether oxygens (including phenoxy) is 2. The molecule has 0 aromatic heterocycles. The number of hydrogen-bond donors (Lipinski definition) is 0. The van der Waals surface area contributed by atoms with E-state index in [1.807, 2.05) is 24.3 Å². The molecule has 0 radical (unpaired) electrons. The summed E-state index contributed by atoms with van der Waals surface area (Å²) >= 11 is 0. The van der Waals surface area contributed by atoms with Gasteiger partial charge in [-0.1, -0.05) is 30.8 Å². The first kappa shape index (κ1) is 17.9. The Morgan fingerprint density at radius 2 is 1.48 bits per heavy atom. The van der Waals surface area contributed by atoms with Crippen molar-refractivity contribution < 1.29 is 22.8 Å². The van der Waals surface area contributed by atoms with Crippen molar-refractivity contribution in [2.45, 2.75) is 19.3 Å². The third-order valence-corrected chi connectivity index (χ3v) is 5.83. The van der Waals surface area contributed by atoms with Gasteiger partial charge in [0.15, 0.2) is 0 Å². The molecule has 1 aromatic rings. The van der Waals surface area contributed by atoms with Crippen LogP contribution in [-0.2, 0) is 36.0 Å². The van der Waals surface area contributed by atoms with E-state index in [9.17, 15) is 0 Å². The highest BCUT2D eigenvalue weighted by molar-refractivity contribution is 6.60. The minimum atomic E-state index is -2.53. The summed E-state index contributed by atoms with van der Waals surface area (Å²) in [7, 11) is 2.27. The molecule has 0 atom stereocenters. The molecule has 0 aliphatic rings. The molecule has 0 amide bonds. The van der Waals surface area contributed by atoms with Crippen molar-refractivity contribution in [3.63, 3.8) is 0 Å². The molecule has 0 fully saturated rings. The van der Waals surface area contributed by atoms with Gasteiger partial charge in [-0.2, -0.15) is 0 Å². The van der Waals surface area contributed by atoms with E-state index in [1.54, 1.807) is 21.3 Å².